The molecule has 1 aliphatic carbocycles. The minimum atomic E-state index is -0.702. The molecule has 0 aliphatic heterocycles. The van der Waals surface area contributed by atoms with Gasteiger partial charge in [0.2, 0.25) is 0 Å². The van der Waals surface area contributed by atoms with Crippen LogP contribution in [-0.4, -0.2) is 30.2 Å². The number of amides is 1. The van der Waals surface area contributed by atoms with Crippen molar-refractivity contribution in [3.8, 4) is 11.9 Å². The molecule has 0 spiro atoms. The maximum absolute atomic E-state index is 12.0. The Hall–Kier alpha value is -2.86. The van der Waals surface area contributed by atoms with Crippen LogP contribution in [0.4, 0.5) is 5.00 Å². The zero-order chi connectivity index (χ0) is 18.5. The molecule has 2 heterocycles. The maximum atomic E-state index is 12.0. The summed E-state index contributed by atoms with van der Waals surface area (Å²) in [5.41, 5.74) is 1.56. The van der Waals surface area contributed by atoms with Crippen LogP contribution < -0.4 is 10.1 Å². The predicted octanol–water partition coefficient (Wildman–Crippen LogP) is 2.36. The number of aryl methyl sites for hydroxylation is 2. The van der Waals surface area contributed by atoms with Gasteiger partial charge in [0.15, 0.2) is 13.2 Å². The molecule has 0 radical (unpaired) electrons. The van der Waals surface area contributed by atoms with Crippen LogP contribution in [0.3, 0.4) is 0 Å². The fourth-order valence-electron chi connectivity index (χ4n) is 2.67. The zero-order valence-corrected chi connectivity index (χ0v) is 15.0. The van der Waals surface area contributed by atoms with E-state index in [1.807, 2.05) is 0 Å². The number of carbonyl (C=O) groups is 2. The van der Waals surface area contributed by atoms with E-state index in [2.05, 4.69) is 16.5 Å². The molecule has 3 rings (SSSR count). The van der Waals surface area contributed by atoms with E-state index in [-0.39, 0.29) is 12.5 Å². The Kier molecular flexibility index (Phi) is 5.53. The molecular formula is C17H17N3O5S. The van der Waals surface area contributed by atoms with Crippen molar-refractivity contribution in [2.24, 2.45) is 0 Å². The van der Waals surface area contributed by atoms with E-state index in [0.29, 0.717) is 16.3 Å². The molecule has 0 atom stereocenters. The molecule has 26 heavy (non-hydrogen) atoms. The third-order valence-corrected chi connectivity index (χ3v) is 5.05. The molecule has 0 aromatic carbocycles. The molecular weight excluding hydrogens is 358 g/mol. The maximum Gasteiger partial charge on any atom is 0.344 e. The van der Waals surface area contributed by atoms with Crippen molar-refractivity contribution < 1.29 is 23.6 Å². The van der Waals surface area contributed by atoms with Crippen LogP contribution in [0.15, 0.2) is 10.6 Å². The monoisotopic (exact) mass is 375 g/mol. The summed E-state index contributed by atoms with van der Waals surface area (Å²) in [6.45, 7) is 0.865. The van der Waals surface area contributed by atoms with Crippen molar-refractivity contribution >= 4 is 28.2 Å². The van der Waals surface area contributed by atoms with Crippen LogP contribution in [0.5, 0.6) is 5.88 Å². The number of nitriles is 1. The van der Waals surface area contributed by atoms with Crippen LogP contribution in [0.25, 0.3) is 0 Å². The molecule has 0 bridgehead atoms. The Morgan fingerprint density at radius 3 is 2.92 bits per heavy atom. The van der Waals surface area contributed by atoms with Crippen molar-refractivity contribution in [3.05, 3.63) is 27.8 Å². The van der Waals surface area contributed by atoms with E-state index in [0.717, 1.165) is 36.1 Å². The summed E-state index contributed by atoms with van der Waals surface area (Å²) in [6, 6.07) is 3.70. The summed E-state index contributed by atoms with van der Waals surface area (Å²) in [5.74, 6) is -0.469. The number of esters is 1. The second kappa shape index (κ2) is 8.01. The van der Waals surface area contributed by atoms with Crippen molar-refractivity contribution in [1.29, 1.82) is 5.26 Å². The van der Waals surface area contributed by atoms with Crippen molar-refractivity contribution in [3.63, 3.8) is 0 Å². The minimum Gasteiger partial charge on any atom is -0.463 e. The van der Waals surface area contributed by atoms with E-state index in [1.54, 1.807) is 6.92 Å². The van der Waals surface area contributed by atoms with Gasteiger partial charge >= 0.3 is 5.97 Å². The smallest absolute Gasteiger partial charge is 0.344 e. The molecule has 0 saturated heterocycles. The van der Waals surface area contributed by atoms with Gasteiger partial charge in [0.05, 0.1) is 5.56 Å². The van der Waals surface area contributed by atoms with Crippen molar-refractivity contribution in [1.82, 2.24) is 5.16 Å². The molecule has 0 fully saturated rings. The first-order chi connectivity index (χ1) is 12.6. The molecule has 2 aromatic rings. The lowest BCUT2D eigenvalue weighted by Crippen LogP contribution is -2.23. The van der Waals surface area contributed by atoms with Crippen LogP contribution in [0.2, 0.25) is 0 Å². The van der Waals surface area contributed by atoms with Gasteiger partial charge in [-0.2, -0.15) is 5.26 Å². The van der Waals surface area contributed by atoms with E-state index < -0.39 is 18.5 Å². The number of ether oxygens (including phenoxy) is 2. The highest BCUT2D eigenvalue weighted by Gasteiger charge is 2.22. The number of aromatic nitrogens is 1. The lowest BCUT2D eigenvalue weighted by Gasteiger charge is -2.09. The third-order valence-electron chi connectivity index (χ3n) is 3.84. The lowest BCUT2D eigenvalue weighted by molar-refractivity contribution is -0.149. The quantitative estimate of drug-likeness (QED) is 0.771. The van der Waals surface area contributed by atoms with Gasteiger partial charge in [0, 0.05) is 10.9 Å². The molecule has 0 saturated carbocycles. The highest BCUT2D eigenvalue weighted by molar-refractivity contribution is 7.16. The first kappa shape index (κ1) is 17.9. The largest absolute Gasteiger partial charge is 0.463 e. The number of carbonyl (C=O) groups excluding carboxylic acids is 2. The molecule has 0 unspecified atom stereocenters. The average Bonchev–Trinajstić information content (AvgIpc) is 3.20. The van der Waals surface area contributed by atoms with Gasteiger partial charge in [0.1, 0.15) is 16.8 Å². The highest BCUT2D eigenvalue weighted by atomic mass is 32.1. The normalized spacial score (nSPS) is 12.8. The Balaban J connectivity index is 1.49. The number of fused-ring (bicyclic) bond motifs is 1. The number of hydrogen-bond donors (Lipinski definition) is 1. The van der Waals surface area contributed by atoms with Gasteiger partial charge in [0.25, 0.3) is 11.8 Å². The molecule has 1 N–H and O–H groups in total. The number of hydrogen-bond acceptors (Lipinski definition) is 8. The second-order valence-electron chi connectivity index (χ2n) is 5.80. The summed E-state index contributed by atoms with van der Waals surface area (Å²) in [5, 5.41) is 16.1. The molecule has 1 aliphatic rings. The van der Waals surface area contributed by atoms with Gasteiger partial charge < -0.3 is 19.3 Å². The molecule has 1 amide bonds. The van der Waals surface area contributed by atoms with E-state index in [9.17, 15) is 14.9 Å². The minimum absolute atomic E-state index is 0.173. The van der Waals surface area contributed by atoms with Gasteiger partial charge in [-0.1, -0.05) is 0 Å². The van der Waals surface area contributed by atoms with Gasteiger partial charge in [-0.15, -0.1) is 11.3 Å². The number of nitrogens with zero attached hydrogens (tertiary/aromatic N) is 2. The summed E-state index contributed by atoms with van der Waals surface area (Å²) in [7, 11) is 0. The lowest BCUT2D eigenvalue weighted by atomic mass is 9.96. The number of nitrogens with one attached hydrogen (secondary N) is 1. The Morgan fingerprint density at radius 1 is 1.38 bits per heavy atom. The Bertz CT molecular complexity index is 864. The highest BCUT2D eigenvalue weighted by Crippen LogP contribution is 2.37. The van der Waals surface area contributed by atoms with Crippen LogP contribution in [0, 0.1) is 18.3 Å². The SMILES string of the molecule is Cc1cc(OCC(=O)OCC(=O)Nc2sc3c(c2C#N)CCCC3)no1. The Labute approximate surface area is 153 Å². The standard InChI is InChI=1S/C17H17N3O5S/c1-10-6-15(20-25-10)23-9-16(22)24-8-14(21)19-17-12(7-18)11-4-2-3-5-13(11)26-17/h6H,2-5,8-9H2,1H3,(H,19,21). The van der Waals surface area contributed by atoms with E-state index in [4.69, 9.17) is 14.0 Å². The Morgan fingerprint density at radius 2 is 2.19 bits per heavy atom. The zero-order valence-electron chi connectivity index (χ0n) is 14.2. The van der Waals surface area contributed by atoms with Crippen molar-refractivity contribution in [2.75, 3.05) is 18.5 Å². The third kappa shape index (κ3) is 4.21. The number of thiophene rings is 1. The summed E-state index contributed by atoms with van der Waals surface area (Å²) >= 11 is 1.42. The first-order valence-corrected chi connectivity index (χ1v) is 8.94. The number of anilines is 1. The topological polar surface area (TPSA) is 114 Å². The second-order valence-corrected chi connectivity index (χ2v) is 6.91. The van der Waals surface area contributed by atoms with Gasteiger partial charge in [-0.05, 0) is 43.3 Å². The van der Waals surface area contributed by atoms with Crippen LogP contribution in [-0.2, 0) is 27.2 Å². The summed E-state index contributed by atoms with van der Waals surface area (Å²) < 4.78 is 14.7. The summed E-state index contributed by atoms with van der Waals surface area (Å²) in [6.07, 6.45) is 3.93. The summed E-state index contributed by atoms with van der Waals surface area (Å²) in [4.78, 5) is 24.8. The van der Waals surface area contributed by atoms with Gasteiger partial charge in [-0.3, -0.25) is 4.79 Å². The van der Waals surface area contributed by atoms with E-state index >= 15 is 0 Å². The first-order valence-electron chi connectivity index (χ1n) is 8.13. The fraction of sp³-hybridized carbons (Fsp3) is 0.412. The predicted molar refractivity (Wildman–Crippen MR) is 92.0 cm³/mol. The van der Waals surface area contributed by atoms with Crippen LogP contribution in [0.1, 0.15) is 34.6 Å². The van der Waals surface area contributed by atoms with Gasteiger partial charge in [-0.25, -0.2) is 4.79 Å². The average molecular weight is 375 g/mol. The molecule has 2 aromatic heterocycles. The fourth-order valence-corrected chi connectivity index (χ4v) is 3.92. The molecule has 9 heteroatoms. The number of rotatable bonds is 6. The van der Waals surface area contributed by atoms with Crippen LogP contribution >= 0.6 is 11.3 Å². The molecule has 8 nitrogen and oxygen atoms in total. The molecule has 136 valence electrons. The van der Waals surface area contributed by atoms with Crippen molar-refractivity contribution in [2.45, 2.75) is 32.6 Å². The van der Waals surface area contributed by atoms with E-state index in [1.165, 1.54) is 17.4 Å².